The summed E-state index contributed by atoms with van der Waals surface area (Å²) in [6.07, 6.45) is -8.71. The fraction of sp³-hybridized carbons (Fsp3) is 0.391. The summed E-state index contributed by atoms with van der Waals surface area (Å²) in [6.45, 7) is 0. The second-order valence-electron chi connectivity index (χ2n) is 7.97. The van der Waals surface area contributed by atoms with Gasteiger partial charge in [0.15, 0.2) is 0 Å². The fourth-order valence-corrected chi connectivity index (χ4v) is 4.25. The lowest BCUT2D eigenvalue weighted by Crippen LogP contribution is -2.61. The zero-order valence-electron chi connectivity index (χ0n) is 17.0. The molecular weight excluding hydrogens is 432 g/mol. The number of hydrogen-bond donors (Lipinski definition) is 0. The van der Waals surface area contributed by atoms with Gasteiger partial charge in [0.05, 0.1) is 0 Å². The largest absolute Gasteiger partial charge is 0.443 e. The number of benzene rings is 2. The van der Waals surface area contributed by atoms with Crippen molar-refractivity contribution in [1.29, 1.82) is 0 Å². The van der Waals surface area contributed by atoms with Crippen molar-refractivity contribution in [2.75, 3.05) is 0 Å². The summed E-state index contributed by atoms with van der Waals surface area (Å²) in [5.74, 6) is -0.611. The van der Waals surface area contributed by atoms with Gasteiger partial charge in [0, 0.05) is 18.0 Å². The summed E-state index contributed by atoms with van der Waals surface area (Å²) in [5, 5.41) is 0. The van der Waals surface area contributed by atoms with Crippen molar-refractivity contribution in [3.05, 3.63) is 71.8 Å². The number of rotatable bonds is 4. The van der Waals surface area contributed by atoms with Gasteiger partial charge in [0.1, 0.15) is 11.7 Å². The molecule has 0 spiro atoms. The van der Waals surface area contributed by atoms with E-state index in [1.165, 1.54) is 17.0 Å². The van der Waals surface area contributed by atoms with Gasteiger partial charge >= 0.3 is 18.0 Å². The Kier molecular flexibility index (Phi) is 5.77. The van der Waals surface area contributed by atoms with Crippen LogP contribution in [0, 0.1) is 0 Å². The average molecular weight is 453 g/mol. The molecule has 2 aliphatic rings. The monoisotopic (exact) mass is 453 g/mol. The van der Waals surface area contributed by atoms with E-state index in [9.17, 15) is 26.3 Å². The van der Waals surface area contributed by atoms with E-state index < -0.39 is 18.0 Å². The quantitative estimate of drug-likeness (QED) is 0.510. The lowest BCUT2D eigenvalue weighted by atomic mass is 10.0. The molecule has 0 saturated heterocycles. The first-order chi connectivity index (χ1) is 15.1. The van der Waals surface area contributed by atoms with Crippen molar-refractivity contribution in [3.8, 4) is 0 Å². The van der Waals surface area contributed by atoms with Crippen LogP contribution in [-0.4, -0.2) is 40.6 Å². The smallest absolute Gasteiger partial charge is 0.311 e. The molecular formula is C23H21F6N3. The van der Waals surface area contributed by atoms with E-state index in [-0.39, 0.29) is 29.7 Å². The van der Waals surface area contributed by atoms with Gasteiger partial charge in [-0.3, -0.25) is 0 Å². The van der Waals surface area contributed by atoms with Crippen LogP contribution in [0.4, 0.5) is 26.3 Å². The Morgan fingerprint density at radius 2 is 1.31 bits per heavy atom. The minimum Gasteiger partial charge on any atom is -0.311 e. The molecule has 0 aromatic heterocycles. The summed E-state index contributed by atoms with van der Waals surface area (Å²) in [5.41, 5.74) is -3.79. The lowest BCUT2D eigenvalue weighted by Gasteiger charge is -2.42. The van der Waals surface area contributed by atoms with E-state index in [4.69, 9.17) is 0 Å². The topological polar surface area (TPSA) is 28.0 Å². The number of hydrogen-bond acceptors (Lipinski definition) is 3. The van der Waals surface area contributed by atoms with Gasteiger partial charge in [-0.05, 0) is 18.4 Å². The predicted octanol–water partition coefficient (Wildman–Crippen LogP) is 6.15. The van der Waals surface area contributed by atoms with Crippen molar-refractivity contribution in [1.82, 2.24) is 4.90 Å². The standard InChI is InChI=1S/C23H21F6N3/c24-22(25,26)21(23(27,28)29)30-19(15-16-9-3-1-4-10-16)32(18-13-7-8-14-18)20(31-21)17-11-5-2-6-12-17/h1-6,9-12,18H,7-8,13-15H2. The molecule has 9 heteroatoms. The van der Waals surface area contributed by atoms with Crippen LogP contribution in [0.3, 0.4) is 0 Å². The number of alkyl halides is 6. The van der Waals surface area contributed by atoms with Gasteiger partial charge in [0.25, 0.3) is 0 Å². The van der Waals surface area contributed by atoms with Gasteiger partial charge in [-0.25, -0.2) is 9.98 Å². The minimum atomic E-state index is -5.75. The highest BCUT2D eigenvalue weighted by Crippen LogP contribution is 2.49. The van der Waals surface area contributed by atoms with Gasteiger partial charge in [-0.15, -0.1) is 0 Å². The normalized spacial score (nSPS) is 19.6. The molecule has 0 unspecified atom stereocenters. The molecule has 0 bridgehead atoms. The molecule has 2 aromatic rings. The highest BCUT2D eigenvalue weighted by atomic mass is 19.4. The maximum absolute atomic E-state index is 14.0. The molecule has 1 aliphatic carbocycles. The molecule has 170 valence electrons. The van der Waals surface area contributed by atoms with Crippen molar-refractivity contribution in [3.63, 3.8) is 0 Å². The molecule has 1 heterocycles. The SMILES string of the molecule is FC(F)(F)C1(C(F)(F)F)N=C(Cc2ccccc2)N(C2CCCC2)C(c2ccccc2)=N1. The molecule has 32 heavy (non-hydrogen) atoms. The fourth-order valence-electron chi connectivity index (χ4n) is 4.25. The van der Waals surface area contributed by atoms with Crippen LogP contribution < -0.4 is 0 Å². The molecule has 0 amide bonds. The lowest BCUT2D eigenvalue weighted by molar-refractivity contribution is -0.293. The summed E-state index contributed by atoms with van der Waals surface area (Å²) in [6, 6.07) is 15.9. The van der Waals surface area contributed by atoms with E-state index in [2.05, 4.69) is 9.98 Å². The van der Waals surface area contributed by atoms with Crippen molar-refractivity contribution >= 4 is 11.7 Å². The highest BCUT2D eigenvalue weighted by molar-refractivity contribution is 6.11. The van der Waals surface area contributed by atoms with E-state index in [1.807, 2.05) is 0 Å². The maximum Gasteiger partial charge on any atom is 0.443 e. The molecule has 3 nitrogen and oxygen atoms in total. The van der Waals surface area contributed by atoms with Crippen LogP contribution in [0.25, 0.3) is 0 Å². The predicted molar refractivity (Wildman–Crippen MR) is 109 cm³/mol. The van der Waals surface area contributed by atoms with Crippen LogP contribution in [-0.2, 0) is 6.42 Å². The Labute approximate surface area is 181 Å². The van der Waals surface area contributed by atoms with Crippen molar-refractivity contribution in [2.24, 2.45) is 9.98 Å². The third-order valence-electron chi connectivity index (χ3n) is 5.78. The number of amidine groups is 2. The summed E-state index contributed by atoms with van der Waals surface area (Å²) in [4.78, 5) is 8.21. The first-order valence-electron chi connectivity index (χ1n) is 10.3. The van der Waals surface area contributed by atoms with Gasteiger partial charge in [-0.1, -0.05) is 73.5 Å². The first kappa shape index (κ1) is 22.4. The second-order valence-corrected chi connectivity index (χ2v) is 7.97. The van der Waals surface area contributed by atoms with Crippen molar-refractivity contribution < 1.29 is 26.3 Å². The average Bonchev–Trinajstić information content (AvgIpc) is 3.27. The zero-order valence-corrected chi connectivity index (χ0v) is 17.0. The molecule has 0 radical (unpaired) electrons. The zero-order chi connectivity index (χ0) is 23.0. The van der Waals surface area contributed by atoms with Gasteiger partial charge in [0.2, 0.25) is 0 Å². The van der Waals surface area contributed by atoms with E-state index in [0.717, 1.165) is 12.8 Å². The van der Waals surface area contributed by atoms with Gasteiger partial charge in [-0.2, -0.15) is 26.3 Å². The highest BCUT2D eigenvalue weighted by Gasteiger charge is 2.74. The Bertz CT molecular complexity index is 976. The third-order valence-corrected chi connectivity index (χ3v) is 5.78. The first-order valence-corrected chi connectivity index (χ1v) is 10.3. The number of halogens is 6. The summed E-state index contributed by atoms with van der Waals surface area (Å²) < 4.78 is 84.3. The molecule has 0 N–H and O–H groups in total. The van der Waals surface area contributed by atoms with Crippen LogP contribution in [0.5, 0.6) is 0 Å². The second kappa shape index (κ2) is 8.26. The summed E-state index contributed by atoms with van der Waals surface area (Å²) in [7, 11) is 0. The van der Waals surface area contributed by atoms with Crippen LogP contribution in [0.15, 0.2) is 70.6 Å². The van der Waals surface area contributed by atoms with Gasteiger partial charge < -0.3 is 4.90 Å². The maximum atomic E-state index is 14.0. The number of aliphatic imine (C=N–C) groups is 2. The van der Waals surface area contributed by atoms with Crippen LogP contribution >= 0.6 is 0 Å². The molecule has 1 fully saturated rings. The summed E-state index contributed by atoms with van der Waals surface area (Å²) >= 11 is 0. The molecule has 4 rings (SSSR count). The van der Waals surface area contributed by atoms with E-state index in [1.54, 1.807) is 48.5 Å². The van der Waals surface area contributed by atoms with Crippen molar-refractivity contribution in [2.45, 2.75) is 56.2 Å². The third kappa shape index (κ3) is 4.00. The van der Waals surface area contributed by atoms with E-state index >= 15 is 0 Å². The van der Waals surface area contributed by atoms with E-state index in [0.29, 0.717) is 18.4 Å². The molecule has 0 atom stereocenters. The molecule has 1 aliphatic heterocycles. The Morgan fingerprint density at radius 3 is 1.84 bits per heavy atom. The molecule has 2 aromatic carbocycles. The Balaban J connectivity index is 1.95. The molecule has 1 saturated carbocycles. The Hall–Kier alpha value is -2.84. The van der Waals surface area contributed by atoms with Crippen LogP contribution in [0.1, 0.15) is 36.8 Å². The number of nitrogens with zero attached hydrogens (tertiary/aromatic N) is 3. The Morgan fingerprint density at radius 1 is 0.781 bits per heavy atom. The minimum absolute atomic E-state index is 0.170. The van der Waals surface area contributed by atoms with Crippen LogP contribution in [0.2, 0.25) is 0 Å².